The van der Waals surface area contributed by atoms with Crippen LogP contribution in [0.25, 0.3) is 0 Å². The van der Waals surface area contributed by atoms with Gasteiger partial charge in [-0.05, 0) is 50.1 Å². The van der Waals surface area contributed by atoms with Gasteiger partial charge in [0.05, 0.1) is 0 Å². The Labute approximate surface area is 165 Å². The molecular formula is C22H27FN2O3. The van der Waals surface area contributed by atoms with E-state index < -0.39 is 6.04 Å². The average molecular weight is 386 g/mol. The van der Waals surface area contributed by atoms with E-state index in [-0.39, 0.29) is 24.2 Å². The van der Waals surface area contributed by atoms with Crippen LogP contribution in [0, 0.1) is 12.7 Å². The lowest BCUT2D eigenvalue weighted by Crippen LogP contribution is -2.49. The molecule has 150 valence electrons. The van der Waals surface area contributed by atoms with Crippen molar-refractivity contribution >= 4 is 11.8 Å². The Bertz CT molecular complexity index is 775. The molecule has 2 amide bonds. The van der Waals surface area contributed by atoms with Crippen LogP contribution in [-0.2, 0) is 16.1 Å². The largest absolute Gasteiger partial charge is 0.484 e. The van der Waals surface area contributed by atoms with Gasteiger partial charge in [-0.1, -0.05) is 36.8 Å². The zero-order valence-electron chi connectivity index (χ0n) is 16.6. The van der Waals surface area contributed by atoms with Crippen molar-refractivity contribution in [2.75, 3.05) is 13.2 Å². The first-order valence-electron chi connectivity index (χ1n) is 9.41. The summed E-state index contributed by atoms with van der Waals surface area (Å²) >= 11 is 0. The number of rotatable bonds is 9. The highest BCUT2D eigenvalue weighted by atomic mass is 19.1. The van der Waals surface area contributed by atoms with Gasteiger partial charge in [-0.25, -0.2) is 4.39 Å². The zero-order chi connectivity index (χ0) is 20.5. The molecule has 0 aliphatic rings. The van der Waals surface area contributed by atoms with Crippen molar-refractivity contribution in [1.29, 1.82) is 0 Å². The first-order valence-corrected chi connectivity index (χ1v) is 9.41. The van der Waals surface area contributed by atoms with Crippen molar-refractivity contribution in [2.24, 2.45) is 0 Å². The molecule has 0 radical (unpaired) electrons. The average Bonchev–Trinajstić information content (AvgIpc) is 2.70. The van der Waals surface area contributed by atoms with Crippen LogP contribution in [0.5, 0.6) is 5.75 Å². The molecule has 1 N–H and O–H groups in total. The molecule has 2 aromatic rings. The first-order chi connectivity index (χ1) is 13.4. The van der Waals surface area contributed by atoms with Crippen LogP contribution >= 0.6 is 0 Å². The number of amides is 2. The Morgan fingerprint density at radius 3 is 2.36 bits per heavy atom. The Hall–Kier alpha value is -2.89. The molecule has 5 nitrogen and oxygen atoms in total. The zero-order valence-corrected chi connectivity index (χ0v) is 16.6. The number of carbonyl (C=O) groups excluding carboxylic acids is 2. The van der Waals surface area contributed by atoms with Gasteiger partial charge in [0.2, 0.25) is 5.91 Å². The van der Waals surface area contributed by atoms with Gasteiger partial charge in [0.15, 0.2) is 6.61 Å². The van der Waals surface area contributed by atoms with E-state index in [1.54, 1.807) is 6.92 Å². The molecule has 0 bridgehead atoms. The fourth-order valence-corrected chi connectivity index (χ4v) is 2.63. The summed E-state index contributed by atoms with van der Waals surface area (Å²) in [5.41, 5.74) is 2.05. The van der Waals surface area contributed by atoms with Crippen LogP contribution in [0.4, 0.5) is 4.39 Å². The van der Waals surface area contributed by atoms with Gasteiger partial charge in [-0.15, -0.1) is 0 Å². The second kappa shape index (κ2) is 10.4. The number of benzene rings is 2. The monoisotopic (exact) mass is 386 g/mol. The topological polar surface area (TPSA) is 58.6 Å². The van der Waals surface area contributed by atoms with Gasteiger partial charge in [0, 0.05) is 13.1 Å². The molecular weight excluding hydrogens is 359 g/mol. The van der Waals surface area contributed by atoms with E-state index in [1.165, 1.54) is 29.2 Å². The standard InChI is InChI=1S/C22H27FN2O3/c1-4-13-24-22(27)17(3)25(14-18-7-5-16(2)6-8-18)21(26)15-28-20-11-9-19(23)10-12-20/h5-12,17H,4,13-15H2,1-3H3,(H,24,27). The Kier molecular flexibility index (Phi) is 7.99. The molecule has 2 aromatic carbocycles. The molecule has 0 heterocycles. The molecule has 28 heavy (non-hydrogen) atoms. The highest BCUT2D eigenvalue weighted by molar-refractivity contribution is 5.87. The molecule has 2 rings (SSSR count). The lowest BCUT2D eigenvalue weighted by molar-refractivity contribution is -0.142. The van der Waals surface area contributed by atoms with E-state index in [4.69, 9.17) is 4.74 Å². The number of hydrogen-bond acceptors (Lipinski definition) is 3. The fourth-order valence-electron chi connectivity index (χ4n) is 2.63. The maximum absolute atomic E-state index is 13.0. The normalized spacial score (nSPS) is 11.6. The number of ether oxygens (including phenoxy) is 1. The van der Waals surface area contributed by atoms with E-state index in [0.29, 0.717) is 18.8 Å². The van der Waals surface area contributed by atoms with Crippen molar-refractivity contribution in [1.82, 2.24) is 10.2 Å². The van der Waals surface area contributed by atoms with E-state index >= 15 is 0 Å². The summed E-state index contributed by atoms with van der Waals surface area (Å²) in [4.78, 5) is 26.7. The Morgan fingerprint density at radius 1 is 1.11 bits per heavy atom. The predicted molar refractivity (Wildman–Crippen MR) is 106 cm³/mol. The van der Waals surface area contributed by atoms with Crippen molar-refractivity contribution in [3.05, 3.63) is 65.5 Å². The lowest BCUT2D eigenvalue weighted by atomic mass is 10.1. The summed E-state index contributed by atoms with van der Waals surface area (Å²) in [7, 11) is 0. The molecule has 0 saturated heterocycles. The van der Waals surface area contributed by atoms with Crippen LogP contribution < -0.4 is 10.1 Å². The van der Waals surface area contributed by atoms with Gasteiger partial charge in [0.1, 0.15) is 17.6 Å². The number of nitrogens with one attached hydrogen (secondary N) is 1. The van der Waals surface area contributed by atoms with Crippen LogP contribution in [0.15, 0.2) is 48.5 Å². The summed E-state index contributed by atoms with van der Waals surface area (Å²) in [6.45, 7) is 6.28. The van der Waals surface area contributed by atoms with Gasteiger partial charge >= 0.3 is 0 Å². The fraction of sp³-hybridized carbons (Fsp3) is 0.364. The molecule has 0 saturated carbocycles. The van der Waals surface area contributed by atoms with Gasteiger partial charge in [-0.2, -0.15) is 0 Å². The number of hydrogen-bond donors (Lipinski definition) is 1. The van der Waals surface area contributed by atoms with Crippen LogP contribution in [0.2, 0.25) is 0 Å². The van der Waals surface area contributed by atoms with Crippen molar-refractivity contribution < 1.29 is 18.7 Å². The molecule has 0 aliphatic heterocycles. The lowest BCUT2D eigenvalue weighted by Gasteiger charge is -2.28. The summed E-state index contributed by atoms with van der Waals surface area (Å²) in [6, 6.07) is 12.6. The molecule has 6 heteroatoms. The summed E-state index contributed by atoms with van der Waals surface area (Å²) in [6.07, 6.45) is 0.818. The van der Waals surface area contributed by atoms with Crippen molar-refractivity contribution in [2.45, 2.75) is 39.8 Å². The molecule has 0 aromatic heterocycles. The molecule has 0 aliphatic carbocycles. The maximum atomic E-state index is 13.0. The van der Waals surface area contributed by atoms with Crippen LogP contribution in [0.1, 0.15) is 31.4 Å². The third kappa shape index (κ3) is 6.37. The highest BCUT2D eigenvalue weighted by Crippen LogP contribution is 2.14. The highest BCUT2D eigenvalue weighted by Gasteiger charge is 2.26. The van der Waals surface area contributed by atoms with Crippen LogP contribution in [-0.4, -0.2) is 35.9 Å². The predicted octanol–water partition coefficient (Wildman–Crippen LogP) is 3.46. The smallest absolute Gasteiger partial charge is 0.261 e. The van der Waals surface area contributed by atoms with E-state index in [1.807, 2.05) is 38.1 Å². The van der Waals surface area contributed by atoms with Crippen LogP contribution in [0.3, 0.4) is 0 Å². The minimum absolute atomic E-state index is 0.205. The Balaban J connectivity index is 2.10. The summed E-state index contributed by atoms with van der Waals surface area (Å²) in [5, 5.41) is 2.83. The van der Waals surface area contributed by atoms with Crippen molar-refractivity contribution in [3.8, 4) is 5.75 Å². The third-order valence-corrected chi connectivity index (χ3v) is 4.37. The molecule has 0 spiro atoms. The van der Waals surface area contributed by atoms with Gasteiger partial charge < -0.3 is 15.0 Å². The number of nitrogens with zero attached hydrogens (tertiary/aromatic N) is 1. The number of aryl methyl sites for hydroxylation is 1. The molecule has 0 fully saturated rings. The minimum atomic E-state index is -0.642. The van der Waals surface area contributed by atoms with E-state index in [2.05, 4.69) is 5.32 Å². The van der Waals surface area contributed by atoms with E-state index in [0.717, 1.165) is 17.5 Å². The Morgan fingerprint density at radius 2 is 1.75 bits per heavy atom. The third-order valence-electron chi connectivity index (χ3n) is 4.37. The minimum Gasteiger partial charge on any atom is -0.484 e. The number of carbonyl (C=O) groups is 2. The first kappa shape index (κ1) is 21.4. The molecule has 1 atom stereocenters. The van der Waals surface area contributed by atoms with Gasteiger partial charge in [0.25, 0.3) is 5.91 Å². The summed E-state index contributed by atoms with van der Waals surface area (Å²) < 4.78 is 18.5. The van der Waals surface area contributed by atoms with E-state index in [9.17, 15) is 14.0 Å². The SMILES string of the molecule is CCCNC(=O)C(C)N(Cc1ccc(C)cc1)C(=O)COc1ccc(F)cc1. The second-order valence-corrected chi connectivity index (χ2v) is 6.72. The van der Waals surface area contributed by atoms with Gasteiger partial charge in [-0.3, -0.25) is 9.59 Å². The maximum Gasteiger partial charge on any atom is 0.261 e. The van der Waals surface area contributed by atoms with Crippen molar-refractivity contribution in [3.63, 3.8) is 0 Å². The molecule has 1 unspecified atom stereocenters. The second-order valence-electron chi connectivity index (χ2n) is 6.72. The quantitative estimate of drug-likeness (QED) is 0.718. The number of halogens is 1. The summed E-state index contributed by atoms with van der Waals surface area (Å²) in [5.74, 6) is -0.498.